The van der Waals surface area contributed by atoms with Crippen molar-refractivity contribution in [2.45, 2.75) is 0 Å². The third-order valence-electron chi connectivity index (χ3n) is 2.08. The van der Waals surface area contributed by atoms with Crippen molar-refractivity contribution < 1.29 is 9.53 Å². The lowest BCUT2D eigenvalue weighted by atomic mass is 10.2. The Kier molecular flexibility index (Phi) is 7.95. The number of halogens is 2. The minimum absolute atomic E-state index is 0. The van der Waals surface area contributed by atoms with Gasteiger partial charge in [-0.15, -0.1) is 12.4 Å². The number of amides is 1. The summed E-state index contributed by atoms with van der Waals surface area (Å²) in [6.07, 6.45) is 0. The first-order valence-electron chi connectivity index (χ1n) is 4.95. The van der Waals surface area contributed by atoms with Crippen molar-refractivity contribution in [1.82, 2.24) is 10.6 Å². The quantitative estimate of drug-likeness (QED) is 0.813. The van der Waals surface area contributed by atoms with Crippen LogP contribution in [-0.4, -0.2) is 33.2 Å². The lowest BCUT2D eigenvalue weighted by molar-refractivity contribution is 0.0953. The minimum atomic E-state index is -0.110. The maximum absolute atomic E-state index is 11.8. The van der Waals surface area contributed by atoms with Crippen LogP contribution in [0.2, 0.25) is 0 Å². The van der Waals surface area contributed by atoms with Gasteiger partial charge in [-0.3, -0.25) is 4.79 Å². The number of ether oxygens (including phenoxy) is 1. The van der Waals surface area contributed by atoms with Gasteiger partial charge in [0.15, 0.2) is 0 Å². The van der Waals surface area contributed by atoms with E-state index in [1.807, 2.05) is 7.05 Å². The molecule has 2 N–H and O–H groups in total. The highest BCUT2D eigenvalue weighted by Crippen LogP contribution is 2.22. The molecule has 0 spiro atoms. The second-order valence-corrected chi connectivity index (χ2v) is 4.06. The van der Waals surface area contributed by atoms with Crippen molar-refractivity contribution in [2.75, 3.05) is 27.2 Å². The van der Waals surface area contributed by atoms with Crippen LogP contribution in [0.5, 0.6) is 5.75 Å². The number of benzene rings is 1. The van der Waals surface area contributed by atoms with E-state index in [1.165, 1.54) is 0 Å². The SMILES string of the molecule is CNCCNC(=O)c1cc(OC)ccc1Br.Cl. The van der Waals surface area contributed by atoms with Crippen LogP contribution in [0.4, 0.5) is 0 Å². The van der Waals surface area contributed by atoms with E-state index in [0.29, 0.717) is 17.9 Å². The second kappa shape index (κ2) is 8.33. The van der Waals surface area contributed by atoms with Crippen molar-refractivity contribution in [1.29, 1.82) is 0 Å². The van der Waals surface area contributed by atoms with Crippen LogP contribution >= 0.6 is 28.3 Å². The maximum atomic E-state index is 11.8. The van der Waals surface area contributed by atoms with E-state index in [-0.39, 0.29) is 18.3 Å². The smallest absolute Gasteiger partial charge is 0.252 e. The third-order valence-corrected chi connectivity index (χ3v) is 2.77. The fourth-order valence-electron chi connectivity index (χ4n) is 1.20. The highest BCUT2D eigenvalue weighted by Gasteiger charge is 2.10. The van der Waals surface area contributed by atoms with Gasteiger partial charge in [0.2, 0.25) is 0 Å². The van der Waals surface area contributed by atoms with E-state index >= 15 is 0 Å². The van der Waals surface area contributed by atoms with Gasteiger partial charge in [0.05, 0.1) is 12.7 Å². The van der Waals surface area contributed by atoms with Crippen LogP contribution < -0.4 is 15.4 Å². The molecule has 0 atom stereocenters. The van der Waals surface area contributed by atoms with Gasteiger partial charge in [-0.2, -0.15) is 0 Å². The van der Waals surface area contributed by atoms with Crippen LogP contribution in [0.1, 0.15) is 10.4 Å². The molecule has 6 heteroatoms. The first-order valence-corrected chi connectivity index (χ1v) is 5.74. The molecule has 0 saturated heterocycles. The molecule has 0 heterocycles. The van der Waals surface area contributed by atoms with E-state index in [0.717, 1.165) is 11.0 Å². The van der Waals surface area contributed by atoms with Crippen molar-refractivity contribution in [3.63, 3.8) is 0 Å². The Balaban J connectivity index is 0.00000256. The lowest BCUT2D eigenvalue weighted by Gasteiger charge is -2.08. The van der Waals surface area contributed by atoms with E-state index in [1.54, 1.807) is 25.3 Å². The largest absolute Gasteiger partial charge is 0.497 e. The molecule has 0 aliphatic heterocycles. The molecule has 1 amide bonds. The van der Waals surface area contributed by atoms with Gasteiger partial charge in [-0.25, -0.2) is 0 Å². The van der Waals surface area contributed by atoms with Gasteiger partial charge < -0.3 is 15.4 Å². The summed E-state index contributed by atoms with van der Waals surface area (Å²) in [4.78, 5) is 11.8. The van der Waals surface area contributed by atoms with Gasteiger partial charge >= 0.3 is 0 Å². The highest BCUT2D eigenvalue weighted by atomic mass is 79.9. The second-order valence-electron chi connectivity index (χ2n) is 3.21. The summed E-state index contributed by atoms with van der Waals surface area (Å²) in [6.45, 7) is 1.34. The Labute approximate surface area is 116 Å². The predicted octanol–water partition coefficient (Wildman–Crippen LogP) is 1.83. The molecule has 0 aliphatic rings. The number of hydrogen-bond acceptors (Lipinski definition) is 3. The van der Waals surface area contributed by atoms with Crippen LogP contribution in [-0.2, 0) is 0 Å². The molecule has 0 bridgehead atoms. The topological polar surface area (TPSA) is 50.4 Å². The Morgan fingerprint density at radius 3 is 2.71 bits per heavy atom. The Hall–Kier alpha value is -0.780. The molecule has 0 aromatic heterocycles. The van der Waals surface area contributed by atoms with Crippen LogP contribution in [0.25, 0.3) is 0 Å². The maximum Gasteiger partial charge on any atom is 0.252 e. The minimum Gasteiger partial charge on any atom is -0.497 e. The van der Waals surface area contributed by atoms with Crippen molar-refractivity contribution in [3.05, 3.63) is 28.2 Å². The van der Waals surface area contributed by atoms with Crippen molar-refractivity contribution in [3.8, 4) is 5.75 Å². The predicted molar refractivity (Wildman–Crippen MR) is 74.2 cm³/mol. The summed E-state index contributed by atoms with van der Waals surface area (Å²) in [5, 5.41) is 5.77. The number of rotatable bonds is 5. The number of nitrogens with one attached hydrogen (secondary N) is 2. The summed E-state index contributed by atoms with van der Waals surface area (Å²) in [7, 11) is 3.42. The van der Waals surface area contributed by atoms with E-state index in [9.17, 15) is 4.79 Å². The zero-order chi connectivity index (χ0) is 12.0. The van der Waals surface area contributed by atoms with Crippen LogP contribution in [0.3, 0.4) is 0 Å². The molecular formula is C11H16BrClN2O2. The number of likely N-dealkylation sites (N-methyl/N-ethyl adjacent to an activating group) is 1. The average molecular weight is 324 g/mol. The third kappa shape index (κ3) is 4.93. The average Bonchev–Trinajstić information content (AvgIpc) is 2.30. The fraction of sp³-hybridized carbons (Fsp3) is 0.364. The van der Waals surface area contributed by atoms with Gasteiger partial charge in [-0.05, 0) is 41.2 Å². The summed E-state index contributed by atoms with van der Waals surface area (Å²) >= 11 is 3.34. The number of hydrogen-bond donors (Lipinski definition) is 2. The van der Waals surface area contributed by atoms with Crippen LogP contribution in [0.15, 0.2) is 22.7 Å². The molecule has 96 valence electrons. The normalized spacial score (nSPS) is 9.35. The Morgan fingerprint density at radius 2 is 2.12 bits per heavy atom. The Morgan fingerprint density at radius 1 is 1.41 bits per heavy atom. The van der Waals surface area contributed by atoms with Gasteiger partial charge in [0.1, 0.15) is 5.75 Å². The van der Waals surface area contributed by atoms with Gasteiger partial charge in [0, 0.05) is 17.6 Å². The molecule has 0 unspecified atom stereocenters. The summed E-state index contributed by atoms with van der Waals surface area (Å²) in [5.74, 6) is 0.558. The zero-order valence-corrected chi connectivity index (χ0v) is 12.2. The molecule has 1 aromatic carbocycles. The van der Waals surface area contributed by atoms with Crippen LogP contribution in [0, 0.1) is 0 Å². The van der Waals surface area contributed by atoms with Crippen molar-refractivity contribution >= 4 is 34.2 Å². The first-order chi connectivity index (χ1) is 7.69. The summed E-state index contributed by atoms with van der Waals surface area (Å²) < 4.78 is 5.83. The summed E-state index contributed by atoms with van der Waals surface area (Å²) in [5.41, 5.74) is 0.579. The molecule has 0 saturated carbocycles. The zero-order valence-electron chi connectivity index (χ0n) is 9.75. The highest BCUT2D eigenvalue weighted by molar-refractivity contribution is 9.10. The molecule has 1 rings (SSSR count). The number of carbonyl (C=O) groups is 1. The lowest BCUT2D eigenvalue weighted by Crippen LogP contribution is -2.30. The molecule has 1 aromatic rings. The summed E-state index contributed by atoms with van der Waals surface area (Å²) in [6, 6.07) is 5.30. The molecule has 17 heavy (non-hydrogen) atoms. The Bertz CT molecular complexity index is 374. The molecule has 4 nitrogen and oxygen atoms in total. The monoisotopic (exact) mass is 322 g/mol. The standard InChI is InChI=1S/C11H15BrN2O2.ClH/c1-13-5-6-14-11(15)9-7-8(16-2)3-4-10(9)12;/h3-4,7,13H,5-6H2,1-2H3,(H,14,15);1H. The van der Waals surface area contributed by atoms with Gasteiger partial charge in [-0.1, -0.05) is 0 Å². The molecule has 0 radical (unpaired) electrons. The first kappa shape index (κ1) is 16.2. The fourth-order valence-corrected chi connectivity index (χ4v) is 1.63. The van der Waals surface area contributed by atoms with E-state index < -0.39 is 0 Å². The molecule has 0 aliphatic carbocycles. The van der Waals surface area contributed by atoms with Crippen molar-refractivity contribution in [2.24, 2.45) is 0 Å². The molecule has 0 fully saturated rings. The number of methoxy groups -OCH3 is 1. The number of carbonyl (C=O) groups excluding carboxylic acids is 1. The van der Waals surface area contributed by atoms with Gasteiger partial charge in [0.25, 0.3) is 5.91 Å². The molecular weight excluding hydrogens is 307 g/mol. The van der Waals surface area contributed by atoms with E-state index in [2.05, 4.69) is 26.6 Å². The van der Waals surface area contributed by atoms with E-state index in [4.69, 9.17) is 4.74 Å².